The summed E-state index contributed by atoms with van der Waals surface area (Å²) in [5.74, 6) is 0.909. The Bertz CT molecular complexity index is 99.1. The van der Waals surface area contributed by atoms with Crippen LogP contribution in [0.15, 0.2) is 0 Å². The van der Waals surface area contributed by atoms with E-state index in [4.69, 9.17) is 0 Å². The van der Waals surface area contributed by atoms with Crippen molar-refractivity contribution in [1.29, 1.82) is 0 Å². The van der Waals surface area contributed by atoms with Gasteiger partial charge in [0.1, 0.15) is 0 Å². The molecule has 0 radical (unpaired) electrons. The zero-order chi connectivity index (χ0) is 8.10. The number of thiol groups is 1. The summed E-state index contributed by atoms with van der Waals surface area (Å²) in [6, 6.07) is 0. The number of likely N-dealkylation sites (N-methyl/N-ethyl adjacent to an activating group) is 1. The van der Waals surface area contributed by atoms with E-state index >= 15 is 0 Å². The molecule has 0 aromatic heterocycles. The van der Waals surface area contributed by atoms with Crippen molar-refractivity contribution in [2.75, 3.05) is 45.5 Å². The molecule has 1 N–H and O–H groups in total. The Morgan fingerprint density at radius 3 is 2.45 bits per heavy atom. The Morgan fingerprint density at radius 2 is 1.91 bits per heavy atom. The number of nitrogens with zero attached hydrogens (tertiary/aromatic N) is 2. The molecule has 0 spiro atoms. The zero-order valence-electron chi connectivity index (χ0n) is 7.08. The Balaban J connectivity index is 2.07. The highest BCUT2D eigenvalue weighted by molar-refractivity contribution is 7.80. The quantitative estimate of drug-likeness (QED) is 0.573. The number of hydrogen-bond donors (Lipinski definition) is 2. The lowest BCUT2D eigenvalue weighted by Gasteiger charge is -2.32. The molecule has 1 heterocycles. The molecule has 4 heteroatoms. The number of nitrogens with one attached hydrogen (secondary N) is 1. The van der Waals surface area contributed by atoms with Crippen LogP contribution >= 0.6 is 12.6 Å². The Morgan fingerprint density at radius 1 is 1.27 bits per heavy atom. The van der Waals surface area contributed by atoms with Crippen molar-refractivity contribution in [1.82, 2.24) is 15.3 Å². The lowest BCUT2D eigenvalue weighted by atomic mass is 10.4. The Hall–Kier alpha value is 0.230. The van der Waals surface area contributed by atoms with E-state index < -0.39 is 0 Å². The van der Waals surface area contributed by atoms with Crippen LogP contribution in [-0.4, -0.2) is 55.4 Å². The molecule has 0 aromatic carbocycles. The highest BCUT2D eigenvalue weighted by Gasteiger charge is 2.11. The van der Waals surface area contributed by atoms with Crippen LogP contribution in [-0.2, 0) is 0 Å². The maximum absolute atomic E-state index is 4.14. The van der Waals surface area contributed by atoms with Crippen molar-refractivity contribution in [2.45, 2.75) is 0 Å². The van der Waals surface area contributed by atoms with Crippen LogP contribution < -0.4 is 5.43 Å². The Labute approximate surface area is 74.1 Å². The van der Waals surface area contributed by atoms with Crippen LogP contribution in [0.1, 0.15) is 0 Å². The Kier molecular flexibility index (Phi) is 4.22. The maximum Gasteiger partial charge on any atom is 0.0259 e. The molecule has 0 aliphatic carbocycles. The van der Waals surface area contributed by atoms with Crippen molar-refractivity contribution < 1.29 is 0 Å². The van der Waals surface area contributed by atoms with Crippen LogP contribution in [0.3, 0.4) is 0 Å². The van der Waals surface area contributed by atoms with Gasteiger partial charge in [0.2, 0.25) is 0 Å². The van der Waals surface area contributed by atoms with E-state index in [2.05, 4.69) is 35.0 Å². The van der Waals surface area contributed by atoms with Gasteiger partial charge in [-0.25, -0.2) is 5.01 Å². The fraction of sp³-hybridized carbons (Fsp3) is 1.00. The van der Waals surface area contributed by atoms with E-state index in [9.17, 15) is 0 Å². The molecule has 1 rings (SSSR count). The number of rotatable bonds is 3. The number of hydrogen-bond acceptors (Lipinski definition) is 4. The van der Waals surface area contributed by atoms with Gasteiger partial charge in [-0.2, -0.15) is 12.6 Å². The molecule has 0 unspecified atom stereocenters. The lowest BCUT2D eigenvalue weighted by Crippen LogP contribution is -2.51. The minimum atomic E-state index is 0.909. The third-order valence-electron chi connectivity index (χ3n) is 1.95. The van der Waals surface area contributed by atoms with E-state index in [0.29, 0.717) is 0 Å². The standard InChI is InChI=1S/C7H17N3S/c1-9-3-5-10(6-4-9)8-2-7-11/h8,11H,2-7H2,1H3. The molecule has 1 aliphatic heterocycles. The molecule has 0 aromatic rings. The van der Waals surface area contributed by atoms with Crippen LogP contribution in [0.25, 0.3) is 0 Å². The minimum absolute atomic E-state index is 0.909. The summed E-state index contributed by atoms with van der Waals surface area (Å²) in [5.41, 5.74) is 3.32. The molecule has 3 nitrogen and oxygen atoms in total. The topological polar surface area (TPSA) is 18.5 Å². The van der Waals surface area contributed by atoms with E-state index in [1.54, 1.807) is 0 Å². The van der Waals surface area contributed by atoms with Gasteiger partial charge in [0, 0.05) is 38.5 Å². The van der Waals surface area contributed by atoms with E-state index in [0.717, 1.165) is 25.4 Å². The van der Waals surface area contributed by atoms with Crippen molar-refractivity contribution in [3.05, 3.63) is 0 Å². The molecule has 0 bridgehead atoms. The van der Waals surface area contributed by atoms with Crippen molar-refractivity contribution in [3.8, 4) is 0 Å². The fourth-order valence-corrected chi connectivity index (χ4v) is 1.27. The molecular weight excluding hydrogens is 158 g/mol. The van der Waals surface area contributed by atoms with Crippen LogP contribution in [0.2, 0.25) is 0 Å². The number of hydrazine groups is 1. The molecule has 1 aliphatic rings. The van der Waals surface area contributed by atoms with Gasteiger partial charge in [-0.1, -0.05) is 0 Å². The van der Waals surface area contributed by atoms with E-state index in [1.807, 2.05) is 0 Å². The van der Waals surface area contributed by atoms with Gasteiger partial charge < -0.3 is 4.90 Å². The van der Waals surface area contributed by atoms with Crippen molar-refractivity contribution in [3.63, 3.8) is 0 Å². The molecular formula is C7H17N3S. The summed E-state index contributed by atoms with van der Waals surface area (Å²) < 4.78 is 0. The zero-order valence-corrected chi connectivity index (χ0v) is 7.98. The maximum atomic E-state index is 4.14. The molecule has 1 fully saturated rings. The van der Waals surface area contributed by atoms with Crippen LogP contribution in [0.5, 0.6) is 0 Å². The molecule has 0 atom stereocenters. The molecule has 66 valence electrons. The van der Waals surface area contributed by atoms with Crippen LogP contribution in [0, 0.1) is 0 Å². The molecule has 1 saturated heterocycles. The average Bonchev–Trinajstić information content (AvgIpc) is 2.04. The first-order valence-electron chi connectivity index (χ1n) is 4.11. The van der Waals surface area contributed by atoms with Gasteiger partial charge in [0.15, 0.2) is 0 Å². The second kappa shape index (κ2) is 4.98. The smallest absolute Gasteiger partial charge is 0.0259 e. The van der Waals surface area contributed by atoms with E-state index in [1.165, 1.54) is 13.1 Å². The van der Waals surface area contributed by atoms with Crippen LogP contribution in [0.4, 0.5) is 0 Å². The van der Waals surface area contributed by atoms with Crippen molar-refractivity contribution in [2.24, 2.45) is 0 Å². The number of piperazine rings is 1. The summed E-state index contributed by atoms with van der Waals surface area (Å²) in [5, 5.41) is 2.27. The first-order chi connectivity index (χ1) is 5.33. The van der Waals surface area contributed by atoms with E-state index in [-0.39, 0.29) is 0 Å². The van der Waals surface area contributed by atoms with Gasteiger partial charge in [0.25, 0.3) is 0 Å². The minimum Gasteiger partial charge on any atom is -0.304 e. The largest absolute Gasteiger partial charge is 0.304 e. The van der Waals surface area contributed by atoms with Gasteiger partial charge in [-0.15, -0.1) is 0 Å². The van der Waals surface area contributed by atoms with Gasteiger partial charge in [0.05, 0.1) is 0 Å². The average molecular weight is 175 g/mol. The summed E-state index contributed by atoms with van der Waals surface area (Å²) in [4.78, 5) is 2.35. The van der Waals surface area contributed by atoms with Gasteiger partial charge >= 0.3 is 0 Å². The third kappa shape index (κ3) is 3.42. The second-order valence-corrected chi connectivity index (χ2v) is 3.37. The SMILES string of the molecule is CN1CCN(NCCS)CC1. The first-order valence-corrected chi connectivity index (χ1v) is 4.74. The molecule has 11 heavy (non-hydrogen) atoms. The second-order valence-electron chi connectivity index (χ2n) is 2.92. The highest BCUT2D eigenvalue weighted by Crippen LogP contribution is 1.94. The summed E-state index contributed by atoms with van der Waals surface area (Å²) in [6.07, 6.45) is 0. The predicted octanol–water partition coefficient (Wildman–Crippen LogP) is -0.332. The van der Waals surface area contributed by atoms with Gasteiger partial charge in [-0.05, 0) is 7.05 Å². The molecule has 0 saturated carbocycles. The van der Waals surface area contributed by atoms with Gasteiger partial charge in [-0.3, -0.25) is 5.43 Å². The third-order valence-corrected chi connectivity index (χ3v) is 2.17. The fourth-order valence-electron chi connectivity index (χ4n) is 1.17. The monoisotopic (exact) mass is 175 g/mol. The highest BCUT2D eigenvalue weighted by atomic mass is 32.1. The summed E-state index contributed by atoms with van der Waals surface area (Å²) in [7, 11) is 2.16. The normalized spacial score (nSPS) is 22.4. The molecule has 0 amide bonds. The summed E-state index contributed by atoms with van der Waals surface area (Å²) >= 11 is 4.14. The summed E-state index contributed by atoms with van der Waals surface area (Å²) in [6.45, 7) is 5.57. The lowest BCUT2D eigenvalue weighted by molar-refractivity contribution is 0.108. The van der Waals surface area contributed by atoms with Crippen molar-refractivity contribution >= 4 is 12.6 Å². The first kappa shape index (κ1) is 9.32. The predicted molar refractivity (Wildman–Crippen MR) is 50.9 cm³/mol.